The van der Waals surface area contributed by atoms with E-state index < -0.39 is 0 Å². The van der Waals surface area contributed by atoms with E-state index in [1.165, 1.54) is 33.4 Å². The number of carbonyl (C=O) groups excluding carboxylic acids is 1. The second-order valence-corrected chi connectivity index (χ2v) is 10.2. The van der Waals surface area contributed by atoms with Gasteiger partial charge in [-0.25, -0.2) is 0 Å². The second kappa shape index (κ2) is 13.4. The van der Waals surface area contributed by atoms with Gasteiger partial charge in [0, 0.05) is 25.6 Å². The summed E-state index contributed by atoms with van der Waals surface area (Å²) >= 11 is 0. The number of hydrogen-bond donors (Lipinski definition) is 0. The first-order chi connectivity index (χ1) is 17.3. The molecule has 0 spiro atoms. The lowest BCUT2D eigenvalue weighted by Gasteiger charge is -2.36. The van der Waals surface area contributed by atoms with Crippen molar-refractivity contribution in [2.75, 3.05) is 0 Å². The van der Waals surface area contributed by atoms with Crippen molar-refractivity contribution in [2.24, 2.45) is 0 Å². The minimum absolute atomic E-state index is 0.0118. The van der Waals surface area contributed by atoms with Crippen molar-refractivity contribution in [3.05, 3.63) is 106 Å². The molecule has 0 radical (unpaired) electrons. The highest BCUT2D eigenvalue weighted by Crippen LogP contribution is 2.30. The van der Waals surface area contributed by atoms with Crippen LogP contribution in [0.15, 0.2) is 66.7 Å². The Morgan fingerprint density at radius 1 is 0.833 bits per heavy atom. The maximum atomic E-state index is 12.9. The normalized spacial score (nSPS) is 13.0. The highest BCUT2D eigenvalue weighted by Gasteiger charge is 2.29. The van der Waals surface area contributed by atoms with E-state index in [-0.39, 0.29) is 18.1 Å². The lowest BCUT2D eigenvalue weighted by molar-refractivity contribution is -0.153. The second-order valence-electron chi connectivity index (χ2n) is 10.2. The van der Waals surface area contributed by atoms with Crippen LogP contribution >= 0.6 is 0 Å². The zero-order valence-corrected chi connectivity index (χ0v) is 23.0. The Morgan fingerprint density at radius 2 is 1.47 bits per heavy atom. The molecule has 2 atom stereocenters. The molecule has 192 valence electrons. The summed E-state index contributed by atoms with van der Waals surface area (Å²) in [7, 11) is 0. The lowest BCUT2D eigenvalue weighted by atomic mass is 9.96. The van der Waals surface area contributed by atoms with Gasteiger partial charge in [0.25, 0.3) is 0 Å². The number of esters is 1. The van der Waals surface area contributed by atoms with Crippen molar-refractivity contribution < 1.29 is 9.53 Å². The third-order valence-corrected chi connectivity index (χ3v) is 7.22. The Labute approximate surface area is 218 Å². The average molecular weight is 486 g/mol. The molecule has 0 saturated carbocycles. The lowest BCUT2D eigenvalue weighted by Crippen LogP contribution is -2.39. The minimum Gasteiger partial charge on any atom is -0.456 e. The summed E-state index contributed by atoms with van der Waals surface area (Å²) in [6.07, 6.45) is 3.14. The van der Waals surface area contributed by atoms with E-state index in [0.29, 0.717) is 6.42 Å². The maximum Gasteiger partial charge on any atom is 0.306 e. The summed E-state index contributed by atoms with van der Waals surface area (Å²) in [5.74, 6) is -0.109. The van der Waals surface area contributed by atoms with Gasteiger partial charge in [-0.1, -0.05) is 92.1 Å². The molecule has 0 aliphatic rings. The molecule has 0 bridgehead atoms. The smallest absolute Gasteiger partial charge is 0.306 e. The zero-order valence-electron chi connectivity index (χ0n) is 23.0. The summed E-state index contributed by atoms with van der Waals surface area (Å²) in [5, 5.41) is 0. The van der Waals surface area contributed by atoms with Crippen LogP contribution in [0.25, 0.3) is 0 Å². The number of ether oxygens (including phenoxy) is 1. The molecule has 0 heterocycles. The highest BCUT2D eigenvalue weighted by atomic mass is 16.5. The summed E-state index contributed by atoms with van der Waals surface area (Å²) in [6.45, 7) is 14.7. The SMILES string of the molecule is CCCCCC(=O)O[C@@H](c1ccccc1)[C@@H](C)N(Cc1ccccc1C)Cc1c(C)cc(C)cc1C. The van der Waals surface area contributed by atoms with Crippen LogP contribution in [0.5, 0.6) is 0 Å². The van der Waals surface area contributed by atoms with Crippen molar-refractivity contribution in [3.8, 4) is 0 Å². The number of nitrogens with zero attached hydrogens (tertiary/aromatic N) is 1. The van der Waals surface area contributed by atoms with Crippen molar-refractivity contribution in [3.63, 3.8) is 0 Å². The third kappa shape index (κ3) is 7.54. The molecule has 3 heteroatoms. The molecule has 0 N–H and O–H groups in total. The fraction of sp³-hybridized carbons (Fsp3) is 0.424. The number of rotatable bonds is 12. The number of benzene rings is 3. The average Bonchev–Trinajstić information content (AvgIpc) is 2.85. The molecule has 0 fully saturated rings. The largest absolute Gasteiger partial charge is 0.456 e. The Kier molecular flexibility index (Phi) is 10.3. The first-order valence-corrected chi connectivity index (χ1v) is 13.4. The van der Waals surface area contributed by atoms with Crippen LogP contribution < -0.4 is 0 Å². The zero-order chi connectivity index (χ0) is 26.1. The predicted octanol–water partition coefficient (Wildman–Crippen LogP) is 8.18. The van der Waals surface area contributed by atoms with Crippen LogP contribution in [0, 0.1) is 27.7 Å². The minimum atomic E-state index is -0.338. The molecule has 0 aliphatic carbocycles. The van der Waals surface area contributed by atoms with E-state index in [0.717, 1.165) is 37.9 Å². The molecule has 0 unspecified atom stereocenters. The molecule has 0 aliphatic heterocycles. The van der Waals surface area contributed by atoms with Gasteiger partial charge in [0.15, 0.2) is 0 Å². The molecule has 36 heavy (non-hydrogen) atoms. The number of aryl methyl sites for hydroxylation is 4. The first kappa shape index (κ1) is 27.7. The van der Waals surface area contributed by atoms with Crippen molar-refractivity contribution in [1.82, 2.24) is 4.90 Å². The van der Waals surface area contributed by atoms with E-state index in [1.54, 1.807) is 0 Å². The molecule has 0 saturated heterocycles. The van der Waals surface area contributed by atoms with Gasteiger partial charge in [-0.3, -0.25) is 9.69 Å². The predicted molar refractivity (Wildman–Crippen MR) is 150 cm³/mol. The van der Waals surface area contributed by atoms with E-state index >= 15 is 0 Å². The fourth-order valence-electron chi connectivity index (χ4n) is 5.01. The van der Waals surface area contributed by atoms with Crippen molar-refractivity contribution in [2.45, 2.75) is 92.5 Å². The molecule has 3 rings (SSSR count). The molecule has 3 aromatic rings. The molecule has 3 aromatic carbocycles. The summed E-state index contributed by atoms with van der Waals surface area (Å²) in [6, 6.07) is 23.3. The van der Waals surface area contributed by atoms with Gasteiger partial charge >= 0.3 is 5.97 Å². The van der Waals surface area contributed by atoms with Crippen molar-refractivity contribution in [1.29, 1.82) is 0 Å². The molecule has 0 aromatic heterocycles. The molecular formula is C33H43NO2. The molecular weight excluding hydrogens is 442 g/mol. The number of hydrogen-bond acceptors (Lipinski definition) is 3. The number of carbonyl (C=O) groups is 1. The Bertz CT molecular complexity index is 1100. The van der Waals surface area contributed by atoms with E-state index in [4.69, 9.17) is 4.74 Å². The van der Waals surface area contributed by atoms with Gasteiger partial charge in [-0.05, 0) is 74.4 Å². The van der Waals surface area contributed by atoms with Gasteiger partial charge in [0.2, 0.25) is 0 Å². The Hall–Kier alpha value is -2.91. The highest BCUT2D eigenvalue weighted by molar-refractivity contribution is 5.69. The van der Waals surface area contributed by atoms with Gasteiger partial charge < -0.3 is 4.74 Å². The topological polar surface area (TPSA) is 29.5 Å². The standard InChI is InChI=1S/C33H43NO2/c1-7-8-10-19-32(35)36-33(29-16-11-9-12-17-29)28(6)34(22-30-18-14-13-15-25(30)3)23-31-26(4)20-24(2)21-27(31)5/h9,11-18,20-21,28,33H,7-8,10,19,22-23H2,1-6H3/t28-,33-/m1/s1. The van der Waals surface area contributed by atoms with Gasteiger partial charge in [0.05, 0.1) is 0 Å². The molecule has 3 nitrogen and oxygen atoms in total. The Morgan fingerprint density at radius 3 is 2.11 bits per heavy atom. The molecule has 0 amide bonds. The maximum absolute atomic E-state index is 12.9. The van der Waals surface area contributed by atoms with Crippen LogP contribution in [0.3, 0.4) is 0 Å². The van der Waals surface area contributed by atoms with Crippen LogP contribution in [0.2, 0.25) is 0 Å². The number of unbranched alkanes of at least 4 members (excludes halogenated alkanes) is 2. The summed E-state index contributed by atoms with van der Waals surface area (Å²) < 4.78 is 6.23. The van der Waals surface area contributed by atoms with Crippen LogP contribution in [-0.2, 0) is 22.6 Å². The van der Waals surface area contributed by atoms with Gasteiger partial charge in [0.1, 0.15) is 6.10 Å². The Balaban J connectivity index is 1.97. The van der Waals surface area contributed by atoms with Crippen LogP contribution in [-0.4, -0.2) is 16.9 Å². The van der Waals surface area contributed by atoms with E-state index in [1.807, 2.05) is 18.2 Å². The van der Waals surface area contributed by atoms with Crippen molar-refractivity contribution >= 4 is 5.97 Å². The van der Waals surface area contributed by atoms with E-state index in [2.05, 4.69) is 95.0 Å². The van der Waals surface area contributed by atoms with E-state index in [9.17, 15) is 4.79 Å². The fourth-order valence-corrected chi connectivity index (χ4v) is 5.01. The monoisotopic (exact) mass is 485 g/mol. The summed E-state index contributed by atoms with van der Waals surface area (Å²) in [5.41, 5.74) is 8.87. The third-order valence-electron chi connectivity index (χ3n) is 7.22. The summed E-state index contributed by atoms with van der Waals surface area (Å²) in [4.78, 5) is 15.4. The van der Waals surface area contributed by atoms with Gasteiger partial charge in [-0.2, -0.15) is 0 Å². The quantitative estimate of drug-likeness (QED) is 0.191. The van der Waals surface area contributed by atoms with Crippen LogP contribution in [0.4, 0.5) is 0 Å². The first-order valence-electron chi connectivity index (χ1n) is 13.4. The van der Waals surface area contributed by atoms with Gasteiger partial charge in [-0.15, -0.1) is 0 Å². The van der Waals surface area contributed by atoms with Crippen LogP contribution in [0.1, 0.15) is 84.6 Å².